The van der Waals surface area contributed by atoms with Crippen LogP contribution < -0.4 is 21.3 Å². The zero-order valence-electron chi connectivity index (χ0n) is 26.7. The Bertz CT molecular complexity index is 1600. The summed E-state index contributed by atoms with van der Waals surface area (Å²) in [5, 5.41) is 29.1. The van der Waals surface area contributed by atoms with Gasteiger partial charge in [-0.1, -0.05) is 65.9 Å². The van der Waals surface area contributed by atoms with Crippen molar-refractivity contribution in [2.45, 2.75) is 69.0 Å². The van der Waals surface area contributed by atoms with Gasteiger partial charge in [-0.25, -0.2) is 9.48 Å². The van der Waals surface area contributed by atoms with Gasteiger partial charge in [0.05, 0.1) is 31.5 Å². The predicted molar refractivity (Wildman–Crippen MR) is 171 cm³/mol. The number of nitrogens with zero attached hydrogens (tertiary/aromatic N) is 4. The molecule has 254 valence electrons. The number of aliphatic carboxylic acids is 1. The topological polar surface area (TPSA) is 197 Å². The maximum Gasteiger partial charge on any atom is 0.328 e. The molecule has 1 aromatic heterocycles. The summed E-state index contributed by atoms with van der Waals surface area (Å²) in [6.45, 7) is 1.35. The van der Waals surface area contributed by atoms with E-state index in [2.05, 4.69) is 31.6 Å². The number of rotatable bonds is 9. The lowest BCUT2D eigenvalue weighted by Crippen LogP contribution is -2.59. The Balaban J connectivity index is 1.49. The van der Waals surface area contributed by atoms with Gasteiger partial charge in [0.1, 0.15) is 23.8 Å². The predicted octanol–water partition coefficient (Wildman–Crippen LogP) is -0.417. The summed E-state index contributed by atoms with van der Waals surface area (Å²) >= 11 is 0. The molecule has 15 nitrogen and oxygen atoms in total. The van der Waals surface area contributed by atoms with E-state index in [1.807, 2.05) is 36.4 Å². The van der Waals surface area contributed by atoms with Crippen LogP contribution in [0.2, 0.25) is 0 Å². The fraction of sp³-hybridized carbons (Fsp3) is 0.424. The van der Waals surface area contributed by atoms with Gasteiger partial charge in [0.2, 0.25) is 23.6 Å². The molecule has 0 spiro atoms. The van der Waals surface area contributed by atoms with Gasteiger partial charge < -0.3 is 36.0 Å². The number of likely N-dealkylation sites (N-methyl/N-ethyl adjacent to an activating group) is 1. The molecular weight excluding hydrogens is 620 g/mol. The van der Waals surface area contributed by atoms with Gasteiger partial charge in [0.25, 0.3) is 0 Å². The van der Waals surface area contributed by atoms with E-state index in [0.29, 0.717) is 5.69 Å². The highest BCUT2D eigenvalue weighted by Gasteiger charge is 2.44. The van der Waals surface area contributed by atoms with Gasteiger partial charge in [-0.05, 0) is 25.1 Å². The Labute approximate surface area is 277 Å². The van der Waals surface area contributed by atoms with E-state index in [1.54, 1.807) is 49.1 Å². The van der Waals surface area contributed by atoms with Gasteiger partial charge in [-0.15, -0.1) is 5.10 Å². The molecule has 2 aromatic carbocycles. The van der Waals surface area contributed by atoms with Crippen LogP contribution in [0.3, 0.4) is 0 Å². The molecule has 2 aliphatic rings. The molecule has 0 aliphatic carbocycles. The standard InChI is InChI=1S/C33H40N8O7/c1-20(34-2)29(42)36-26(14-22-11-7-4-8-12-22)32(45)40-17-24-15-28(40)31(44)35-25(13-21-9-5-3-6-10-21)30(43)37-27(33(46)47)19-48-18-23-16-41(24)39-38-23/h3-12,16,20,24-28,34H,13-15,17-19H2,1-2H3,(H,35,44)(H,36,42)(H,37,43)(H,46,47)/t20-,24-,25-,26-,27-,28-/m0/s1. The van der Waals surface area contributed by atoms with Gasteiger partial charge in [0, 0.05) is 25.8 Å². The van der Waals surface area contributed by atoms with Crippen LogP contribution in [-0.4, -0.2) is 105 Å². The van der Waals surface area contributed by atoms with Crippen LogP contribution in [0.4, 0.5) is 0 Å². The van der Waals surface area contributed by atoms with Crippen LogP contribution in [-0.2, 0) is 48.2 Å². The monoisotopic (exact) mass is 660 g/mol. The molecule has 3 heterocycles. The normalized spacial score (nSPS) is 22.8. The Morgan fingerprint density at radius 2 is 1.71 bits per heavy atom. The van der Waals surface area contributed by atoms with Gasteiger partial charge in [-0.2, -0.15) is 0 Å². The van der Waals surface area contributed by atoms with Crippen LogP contribution >= 0.6 is 0 Å². The molecule has 1 saturated heterocycles. The Morgan fingerprint density at radius 3 is 2.38 bits per heavy atom. The molecule has 5 N–H and O–H groups in total. The first-order valence-corrected chi connectivity index (χ1v) is 15.8. The summed E-state index contributed by atoms with van der Waals surface area (Å²) in [4.78, 5) is 68.5. The highest BCUT2D eigenvalue weighted by Crippen LogP contribution is 2.29. The number of hydrogen-bond acceptors (Lipinski definition) is 9. The van der Waals surface area contributed by atoms with Crippen molar-refractivity contribution in [2.75, 3.05) is 20.2 Å². The number of hydrogen-bond donors (Lipinski definition) is 5. The van der Waals surface area contributed by atoms with Crippen LogP contribution in [0, 0.1) is 0 Å². The van der Waals surface area contributed by atoms with E-state index in [0.717, 1.165) is 11.1 Å². The molecule has 0 saturated carbocycles. The van der Waals surface area contributed by atoms with E-state index < -0.39 is 59.9 Å². The molecule has 4 amide bonds. The van der Waals surface area contributed by atoms with E-state index in [1.165, 1.54) is 4.90 Å². The van der Waals surface area contributed by atoms with Crippen molar-refractivity contribution in [3.8, 4) is 0 Å². The summed E-state index contributed by atoms with van der Waals surface area (Å²) in [6.07, 6.45) is 2.02. The number of carboxylic acid groups (broad SMARTS) is 1. The lowest BCUT2D eigenvalue weighted by atomic mass is 10.0. The number of ether oxygens (including phenoxy) is 1. The number of carbonyl (C=O) groups is 5. The minimum absolute atomic E-state index is 0.0658. The van der Waals surface area contributed by atoms with Crippen molar-refractivity contribution in [1.29, 1.82) is 0 Å². The number of amides is 4. The smallest absolute Gasteiger partial charge is 0.328 e. The van der Waals surface area contributed by atoms with Crippen LogP contribution in [0.5, 0.6) is 0 Å². The first-order valence-electron chi connectivity index (χ1n) is 15.8. The number of benzene rings is 2. The SMILES string of the molecule is CN[C@@H](C)C(=O)N[C@@H](Cc1ccccc1)C(=O)N1C[C@@H]2C[C@H]1C(=O)N[C@@H](Cc1ccccc1)C(=O)N[C@H](C(=O)O)COCc1cn2nn1. The zero-order valence-corrected chi connectivity index (χ0v) is 26.7. The highest BCUT2D eigenvalue weighted by atomic mass is 16.5. The molecular formula is C33H40N8O7. The minimum atomic E-state index is -1.40. The maximum atomic E-state index is 14.4. The second-order valence-electron chi connectivity index (χ2n) is 12.0. The first kappa shape index (κ1) is 34.2. The Morgan fingerprint density at radius 1 is 1.02 bits per heavy atom. The maximum absolute atomic E-state index is 14.4. The van der Waals surface area contributed by atoms with Gasteiger partial charge in [0.15, 0.2) is 6.04 Å². The highest BCUT2D eigenvalue weighted by molar-refractivity contribution is 5.96. The van der Waals surface area contributed by atoms with Crippen molar-refractivity contribution in [3.05, 3.63) is 83.7 Å². The number of carbonyl (C=O) groups excluding carboxylic acids is 4. The number of aromatic nitrogens is 3. The lowest BCUT2D eigenvalue weighted by Gasteiger charge is -2.30. The molecule has 48 heavy (non-hydrogen) atoms. The number of likely N-dealkylation sites (tertiary alicyclic amines) is 1. The average molecular weight is 661 g/mol. The van der Waals surface area contributed by atoms with Crippen molar-refractivity contribution < 1.29 is 33.8 Å². The van der Waals surface area contributed by atoms with Gasteiger partial charge >= 0.3 is 5.97 Å². The van der Waals surface area contributed by atoms with E-state index in [4.69, 9.17) is 4.74 Å². The van der Waals surface area contributed by atoms with Crippen molar-refractivity contribution >= 4 is 29.6 Å². The number of carboxylic acids is 1. The van der Waals surface area contributed by atoms with Crippen molar-refractivity contribution in [2.24, 2.45) is 0 Å². The molecule has 0 unspecified atom stereocenters. The molecule has 5 rings (SSSR count). The number of fused-ring (bicyclic) bond motifs is 5. The second-order valence-corrected chi connectivity index (χ2v) is 12.0. The first-order chi connectivity index (χ1) is 23.1. The van der Waals surface area contributed by atoms with Crippen molar-refractivity contribution in [1.82, 2.24) is 41.2 Å². The zero-order chi connectivity index (χ0) is 34.2. The molecule has 2 aliphatic heterocycles. The third-order valence-electron chi connectivity index (χ3n) is 8.58. The molecule has 1 fully saturated rings. The van der Waals surface area contributed by atoms with E-state index in [-0.39, 0.29) is 44.9 Å². The molecule has 6 atom stereocenters. The summed E-state index contributed by atoms with van der Waals surface area (Å²) in [6, 6.07) is 12.5. The van der Waals surface area contributed by atoms with Crippen molar-refractivity contribution in [3.63, 3.8) is 0 Å². The minimum Gasteiger partial charge on any atom is -0.480 e. The molecule has 4 bridgehead atoms. The van der Waals surface area contributed by atoms with Crippen LogP contribution in [0.25, 0.3) is 0 Å². The fourth-order valence-corrected chi connectivity index (χ4v) is 5.79. The molecule has 15 heteroatoms. The van der Waals surface area contributed by atoms with Crippen LogP contribution in [0.15, 0.2) is 66.9 Å². The third-order valence-corrected chi connectivity index (χ3v) is 8.58. The second kappa shape index (κ2) is 15.6. The van der Waals surface area contributed by atoms with E-state index >= 15 is 0 Å². The molecule has 0 radical (unpaired) electrons. The fourth-order valence-electron chi connectivity index (χ4n) is 5.79. The Kier molecular flexibility index (Phi) is 11.1. The van der Waals surface area contributed by atoms with Gasteiger partial charge in [-0.3, -0.25) is 19.2 Å². The van der Waals surface area contributed by atoms with E-state index in [9.17, 15) is 29.1 Å². The quantitative estimate of drug-likeness (QED) is 0.201. The average Bonchev–Trinajstić information content (AvgIpc) is 3.75. The summed E-state index contributed by atoms with van der Waals surface area (Å²) in [7, 11) is 1.64. The number of nitrogens with one attached hydrogen (secondary N) is 4. The third kappa shape index (κ3) is 8.41. The summed E-state index contributed by atoms with van der Waals surface area (Å²) < 4.78 is 7.14. The Hall–Kier alpha value is -5.15. The summed E-state index contributed by atoms with van der Waals surface area (Å²) in [5.74, 6) is -3.49. The largest absolute Gasteiger partial charge is 0.480 e. The summed E-state index contributed by atoms with van der Waals surface area (Å²) in [5.41, 5.74) is 1.95. The van der Waals surface area contributed by atoms with Crippen LogP contribution in [0.1, 0.15) is 36.2 Å². The lowest BCUT2D eigenvalue weighted by molar-refractivity contribution is -0.145. The molecule has 3 aromatic rings.